The van der Waals surface area contributed by atoms with E-state index in [-0.39, 0.29) is 11.8 Å². The topological polar surface area (TPSA) is 55.6 Å². The predicted molar refractivity (Wildman–Crippen MR) is 72.3 cm³/mol. The Hall–Kier alpha value is -1.55. The monoisotopic (exact) mass is 250 g/mol. The van der Waals surface area contributed by atoms with Crippen molar-refractivity contribution in [3.05, 3.63) is 29.8 Å². The Labute approximate surface area is 109 Å². The summed E-state index contributed by atoms with van der Waals surface area (Å²) in [6.45, 7) is 4.43. The molecule has 1 unspecified atom stereocenters. The molecule has 1 aromatic rings. The fraction of sp³-hybridized carbons (Fsp3) is 0.500. The van der Waals surface area contributed by atoms with E-state index in [4.69, 9.17) is 10.5 Å². The molecule has 4 heteroatoms. The van der Waals surface area contributed by atoms with Crippen molar-refractivity contribution >= 4 is 5.91 Å². The highest BCUT2D eigenvalue weighted by Crippen LogP contribution is 2.14. The van der Waals surface area contributed by atoms with E-state index < -0.39 is 6.04 Å². The molecule has 0 aliphatic carbocycles. The molecule has 2 N–H and O–H groups in total. The molecule has 1 amide bonds. The van der Waals surface area contributed by atoms with Gasteiger partial charge in [0, 0.05) is 13.6 Å². The van der Waals surface area contributed by atoms with Crippen LogP contribution < -0.4 is 10.5 Å². The number of nitrogens with two attached hydrogens (primary N) is 1. The van der Waals surface area contributed by atoms with Crippen LogP contribution in [-0.2, 0) is 11.3 Å². The van der Waals surface area contributed by atoms with Crippen LogP contribution in [0.4, 0.5) is 0 Å². The van der Waals surface area contributed by atoms with Crippen LogP contribution >= 0.6 is 0 Å². The minimum absolute atomic E-state index is 0.0344. The Balaban J connectivity index is 2.69. The van der Waals surface area contributed by atoms with E-state index in [1.54, 1.807) is 19.1 Å². The van der Waals surface area contributed by atoms with Crippen LogP contribution in [-0.4, -0.2) is 31.0 Å². The third-order valence-electron chi connectivity index (χ3n) is 2.93. The van der Waals surface area contributed by atoms with Crippen LogP contribution in [0.5, 0.6) is 5.75 Å². The Morgan fingerprint density at radius 2 is 2.11 bits per heavy atom. The van der Waals surface area contributed by atoms with E-state index in [2.05, 4.69) is 0 Å². The zero-order valence-corrected chi connectivity index (χ0v) is 11.5. The molecule has 1 aromatic carbocycles. The van der Waals surface area contributed by atoms with Crippen LogP contribution in [0, 0.1) is 5.92 Å². The van der Waals surface area contributed by atoms with Crippen molar-refractivity contribution in [3.63, 3.8) is 0 Å². The molecule has 0 fully saturated rings. The van der Waals surface area contributed by atoms with E-state index >= 15 is 0 Å². The second-order valence-electron chi connectivity index (χ2n) is 4.82. The fourth-order valence-electron chi connectivity index (χ4n) is 1.66. The summed E-state index contributed by atoms with van der Waals surface area (Å²) >= 11 is 0. The first kappa shape index (κ1) is 14.5. The molecule has 0 bridgehead atoms. The van der Waals surface area contributed by atoms with Crippen molar-refractivity contribution < 1.29 is 9.53 Å². The van der Waals surface area contributed by atoms with E-state index in [1.807, 2.05) is 38.1 Å². The SMILES string of the molecule is COc1cccc(CN(C)C(=O)C(N)C(C)C)c1. The number of carbonyl (C=O) groups excluding carboxylic acids is 1. The highest BCUT2D eigenvalue weighted by atomic mass is 16.5. The number of amides is 1. The molecular formula is C14H22N2O2. The number of hydrogen-bond donors (Lipinski definition) is 1. The number of methoxy groups -OCH3 is 1. The first-order valence-electron chi connectivity index (χ1n) is 6.09. The van der Waals surface area contributed by atoms with Gasteiger partial charge in [-0.1, -0.05) is 26.0 Å². The Morgan fingerprint density at radius 3 is 2.67 bits per heavy atom. The number of carbonyl (C=O) groups is 1. The number of likely N-dealkylation sites (N-methyl/N-ethyl adjacent to an activating group) is 1. The summed E-state index contributed by atoms with van der Waals surface area (Å²) in [4.78, 5) is 13.7. The van der Waals surface area contributed by atoms with Gasteiger partial charge in [-0.2, -0.15) is 0 Å². The van der Waals surface area contributed by atoms with Gasteiger partial charge in [0.05, 0.1) is 13.2 Å². The highest BCUT2D eigenvalue weighted by molar-refractivity contribution is 5.81. The first-order valence-corrected chi connectivity index (χ1v) is 6.09. The molecule has 0 spiro atoms. The molecule has 0 aromatic heterocycles. The van der Waals surface area contributed by atoms with Crippen molar-refractivity contribution in [3.8, 4) is 5.75 Å². The van der Waals surface area contributed by atoms with Gasteiger partial charge in [0.1, 0.15) is 5.75 Å². The Kier molecular flexibility index (Phi) is 5.16. The third-order valence-corrected chi connectivity index (χ3v) is 2.93. The lowest BCUT2D eigenvalue weighted by atomic mass is 10.0. The maximum atomic E-state index is 12.0. The number of rotatable bonds is 5. The van der Waals surface area contributed by atoms with E-state index in [0.717, 1.165) is 11.3 Å². The van der Waals surface area contributed by atoms with E-state index in [9.17, 15) is 4.79 Å². The normalized spacial score (nSPS) is 12.3. The van der Waals surface area contributed by atoms with Gasteiger partial charge in [-0.3, -0.25) is 4.79 Å². The van der Waals surface area contributed by atoms with Crippen molar-refractivity contribution in [1.82, 2.24) is 4.90 Å². The summed E-state index contributed by atoms with van der Waals surface area (Å²) in [7, 11) is 3.40. The van der Waals surface area contributed by atoms with Gasteiger partial charge in [-0.15, -0.1) is 0 Å². The zero-order chi connectivity index (χ0) is 13.7. The summed E-state index contributed by atoms with van der Waals surface area (Å²) in [5.41, 5.74) is 6.88. The van der Waals surface area contributed by atoms with Crippen molar-refractivity contribution in [2.75, 3.05) is 14.2 Å². The number of benzene rings is 1. The van der Waals surface area contributed by atoms with Gasteiger partial charge >= 0.3 is 0 Å². The summed E-state index contributed by atoms with van der Waals surface area (Å²) in [5, 5.41) is 0. The minimum atomic E-state index is -0.444. The standard InChI is InChI=1S/C14H22N2O2/c1-10(2)13(15)14(17)16(3)9-11-6-5-7-12(8-11)18-4/h5-8,10,13H,9,15H2,1-4H3. The molecule has 0 saturated heterocycles. The van der Waals surface area contributed by atoms with Gasteiger partial charge in [0.25, 0.3) is 0 Å². The average molecular weight is 250 g/mol. The van der Waals surface area contributed by atoms with E-state index in [0.29, 0.717) is 6.54 Å². The molecule has 100 valence electrons. The maximum Gasteiger partial charge on any atom is 0.239 e. The highest BCUT2D eigenvalue weighted by Gasteiger charge is 2.20. The minimum Gasteiger partial charge on any atom is -0.497 e. The van der Waals surface area contributed by atoms with Crippen molar-refractivity contribution in [1.29, 1.82) is 0 Å². The summed E-state index contributed by atoms with van der Waals surface area (Å²) in [6, 6.07) is 7.23. The molecular weight excluding hydrogens is 228 g/mol. The van der Waals surface area contributed by atoms with Crippen molar-refractivity contribution in [2.45, 2.75) is 26.4 Å². The first-order chi connectivity index (χ1) is 8.45. The summed E-state index contributed by atoms with van der Waals surface area (Å²) in [5.74, 6) is 0.902. The lowest BCUT2D eigenvalue weighted by Gasteiger charge is -2.23. The summed E-state index contributed by atoms with van der Waals surface area (Å²) < 4.78 is 5.15. The molecule has 1 atom stereocenters. The molecule has 1 rings (SSSR count). The number of hydrogen-bond acceptors (Lipinski definition) is 3. The number of ether oxygens (including phenoxy) is 1. The van der Waals surface area contributed by atoms with Crippen LogP contribution in [0.25, 0.3) is 0 Å². The van der Waals surface area contributed by atoms with Gasteiger partial charge < -0.3 is 15.4 Å². The largest absolute Gasteiger partial charge is 0.497 e. The Morgan fingerprint density at radius 1 is 1.44 bits per heavy atom. The fourth-order valence-corrected chi connectivity index (χ4v) is 1.66. The number of nitrogens with zero attached hydrogens (tertiary/aromatic N) is 1. The molecule has 18 heavy (non-hydrogen) atoms. The van der Waals surface area contributed by atoms with Gasteiger partial charge in [-0.05, 0) is 23.6 Å². The molecule has 0 aliphatic rings. The predicted octanol–water partition coefficient (Wildman–Crippen LogP) is 1.64. The summed E-state index contributed by atoms with van der Waals surface area (Å²) in [6.07, 6.45) is 0. The third kappa shape index (κ3) is 3.74. The Bertz CT molecular complexity index is 405. The second-order valence-corrected chi connectivity index (χ2v) is 4.82. The van der Waals surface area contributed by atoms with Gasteiger partial charge in [-0.25, -0.2) is 0 Å². The van der Waals surface area contributed by atoms with Crippen LogP contribution in [0.3, 0.4) is 0 Å². The molecule has 0 radical (unpaired) electrons. The lowest BCUT2D eigenvalue weighted by molar-refractivity contribution is -0.132. The molecule has 0 aliphatic heterocycles. The molecule has 0 heterocycles. The van der Waals surface area contributed by atoms with Crippen LogP contribution in [0.15, 0.2) is 24.3 Å². The quantitative estimate of drug-likeness (QED) is 0.864. The molecule has 0 saturated carbocycles. The van der Waals surface area contributed by atoms with Crippen molar-refractivity contribution in [2.24, 2.45) is 11.7 Å². The van der Waals surface area contributed by atoms with Gasteiger partial charge in [0.2, 0.25) is 5.91 Å². The average Bonchev–Trinajstić information content (AvgIpc) is 2.36. The molecule has 4 nitrogen and oxygen atoms in total. The maximum absolute atomic E-state index is 12.0. The van der Waals surface area contributed by atoms with Crippen LogP contribution in [0.2, 0.25) is 0 Å². The zero-order valence-electron chi connectivity index (χ0n) is 11.5. The van der Waals surface area contributed by atoms with E-state index in [1.165, 1.54) is 0 Å². The smallest absolute Gasteiger partial charge is 0.239 e. The van der Waals surface area contributed by atoms with Gasteiger partial charge in [0.15, 0.2) is 0 Å². The van der Waals surface area contributed by atoms with Crippen LogP contribution in [0.1, 0.15) is 19.4 Å². The second kappa shape index (κ2) is 6.40. The lowest BCUT2D eigenvalue weighted by Crippen LogP contribution is -2.44.